The summed E-state index contributed by atoms with van der Waals surface area (Å²) in [5, 5.41) is 0.684. The monoisotopic (exact) mass is 546 g/mol. The van der Waals surface area contributed by atoms with Gasteiger partial charge in [0.25, 0.3) is 0 Å². The molecule has 0 radical (unpaired) electrons. The van der Waals surface area contributed by atoms with E-state index in [9.17, 15) is 9.59 Å². The van der Waals surface area contributed by atoms with Crippen LogP contribution in [0.2, 0.25) is 0 Å². The molecule has 0 aliphatic heterocycles. The van der Waals surface area contributed by atoms with E-state index in [0.29, 0.717) is 62.2 Å². The highest BCUT2D eigenvalue weighted by molar-refractivity contribution is 6.07. The van der Waals surface area contributed by atoms with Crippen LogP contribution in [0.15, 0.2) is 57.8 Å². The van der Waals surface area contributed by atoms with Gasteiger partial charge < -0.3 is 32.8 Å². The highest BCUT2D eigenvalue weighted by Crippen LogP contribution is 2.41. The van der Waals surface area contributed by atoms with Gasteiger partial charge in [0.05, 0.1) is 48.2 Å². The predicted molar refractivity (Wildman–Crippen MR) is 152 cm³/mol. The van der Waals surface area contributed by atoms with Crippen molar-refractivity contribution in [3.05, 3.63) is 75.7 Å². The van der Waals surface area contributed by atoms with Gasteiger partial charge in [0, 0.05) is 10.9 Å². The van der Waals surface area contributed by atoms with Crippen LogP contribution < -0.4 is 34.0 Å². The highest BCUT2D eigenvalue weighted by Gasteiger charge is 2.18. The summed E-state index contributed by atoms with van der Waals surface area (Å²) >= 11 is 0. The van der Waals surface area contributed by atoms with Crippen molar-refractivity contribution in [2.24, 2.45) is 0 Å². The second-order valence-corrected chi connectivity index (χ2v) is 8.73. The topological polar surface area (TPSA) is 103 Å². The number of fused-ring (bicyclic) bond motifs is 1. The van der Waals surface area contributed by atoms with E-state index >= 15 is 0 Å². The number of allylic oxidation sites excluding steroid dienone is 1. The zero-order chi connectivity index (χ0) is 29.0. The molecule has 9 nitrogen and oxygen atoms in total. The molecular weight excluding hydrogens is 516 g/mol. The van der Waals surface area contributed by atoms with Crippen LogP contribution in [0, 0.1) is 6.92 Å². The lowest BCUT2D eigenvalue weighted by atomic mass is 10.0. The van der Waals surface area contributed by atoms with Crippen LogP contribution >= 0.6 is 0 Å². The number of rotatable bonds is 10. The molecule has 0 aliphatic rings. The Morgan fingerprint density at radius 2 is 1.23 bits per heavy atom. The number of carbonyl (C=O) groups is 1. The molecule has 1 heterocycles. The minimum Gasteiger partial charge on any atom is -0.493 e. The Balaban J connectivity index is 1.75. The van der Waals surface area contributed by atoms with Gasteiger partial charge >= 0.3 is 5.63 Å². The molecule has 0 bridgehead atoms. The van der Waals surface area contributed by atoms with Gasteiger partial charge in [-0.3, -0.25) is 4.79 Å². The fourth-order valence-electron chi connectivity index (χ4n) is 4.46. The van der Waals surface area contributed by atoms with Crippen LogP contribution in [0.1, 0.15) is 21.5 Å². The Kier molecular flexibility index (Phi) is 8.33. The number of methoxy groups -OCH3 is 6. The molecule has 0 fully saturated rings. The van der Waals surface area contributed by atoms with E-state index in [4.69, 9.17) is 32.8 Å². The minimum atomic E-state index is -0.509. The summed E-state index contributed by atoms with van der Waals surface area (Å²) in [6.45, 7) is 1.84. The van der Waals surface area contributed by atoms with Crippen molar-refractivity contribution in [2.45, 2.75) is 6.92 Å². The van der Waals surface area contributed by atoms with Crippen molar-refractivity contribution >= 4 is 22.8 Å². The molecule has 3 aromatic carbocycles. The van der Waals surface area contributed by atoms with E-state index in [1.165, 1.54) is 48.7 Å². The van der Waals surface area contributed by atoms with Crippen molar-refractivity contribution in [3.63, 3.8) is 0 Å². The van der Waals surface area contributed by atoms with Gasteiger partial charge in [-0.1, -0.05) is 6.08 Å². The molecule has 4 rings (SSSR count). The van der Waals surface area contributed by atoms with E-state index in [1.54, 1.807) is 36.4 Å². The molecule has 9 heteroatoms. The van der Waals surface area contributed by atoms with Crippen molar-refractivity contribution < 1.29 is 37.6 Å². The standard InChI is InChI=1S/C31H30O9/c1-17-10-18(8-9-23(32)20-15-26(36-4)30(39-7)27(16-20)37-5)11-21-12-22(31(33)40-28(17)21)19-13-24(34-2)29(38-6)25(14-19)35-3/h8-16H,1-7H3/b9-8+. The third-order valence-electron chi connectivity index (χ3n) is 6.39. The van der Waals surface area contributed by atoms with Gasteiger partial charge in [0.15, 0.2) is 28.8 Å². The zero-order valence-electron chi connectivity index (χ0n) is 23.4. The summed E-state index contributed by atoms with van der Waals surface area (Å²) in [7, 11) is 9.00. The largest absolute Gasteiger partial charge is 0.493 e. The highest BCUT2D eigenvalue weighted by atomic mass is 16.5. The van der Waals surface area contributed by atoms with Crippen LogP contribution in [0.3, 0.4) is 0 Å². The molecule has 40 heavy (non-hydrogen) atoms. The van der Waals surface area contributed by atoms with Crippen molar-refractivity contribution in [2.75, 3.05) is 42.7 Å². The fraction of sp³-hybridized carbons (Fsp3) is 0.226. The maximum absolute atomic E-state index is 13.0. The van der Waals surface area contributed by atoms with Gasteiger partial charge in [0.1, 0.15) is 5.58 Å². The quantitative estimate of drug-likeness (QED) is 0.140. The molecule has 0 spiro atoms. The molecule has 0 unspecified atom stereocenters. The molecule has 0 saturated carbocycles. The average molecular weight is 547 g/mol. The second kappa shape index (κ2) is 11.9. The van der Waals surface area contributed by atoms with Crippen molar-refractivity contribution in [1.29, 1.82) is 0 Å². The molecule has 1 aromatic heterocycles. The summed E-state index contributed by atoms with van der Waals surface area (Å²) in [5.41, 5.74) is 2.67. The van der Waals surface area contributed by atoms with Gasteiger partial charge in [-0.05, 0) is 72.2 Å². The van der Waals surface area contributed by atoms with E-state index in [1.807, 2.05) is 19.1 Å². The van der Waals surface area contributed by atoms with E-state index in [-0.39, 0.29) is 5.78 Å². The Labute approximate surface area is 231 Å². The lowest BCUT2D eigenvalue weighted by molar-refractivity contribution is 0.104. The molecule has 0 amide bonds. The molecule has 4 aromatic rings. The van der Waals surface area contributed by atoms with Crippen LogP contribution in [0.25, 0.3) is 28.2 Å². The SMILES string of the molecule is COc1cc(C(=O)/C=C/c2cc(C)c3oc(=O)c(-c4cc(OC)c(OC)c(OC)c4)cc3c2)cc(OC)c1OC. The van der Waals surface area contributed by atoms with Crippen LogP contribution in [0.5, 0.6) is 34.5 Å². The maximum Gasteiger partial charge on any atom is 0.344 e. The van der Waals surface area contributed by atoms with Gasteiger partial charge in [0.2, 0.25) is 11.5 Å². The van der Waals surface area contributed by atoms with Gasteiger partial charge in [-0.25, -0.2) is 4.79 Å². The van der Waals surface area contributed by atoms with Gasteiger partial charge in [-0.2, -0.15) is 0 Å². The Hall–Kier alpha value is -4.92. The van der Waals surface area contributed by atoms with Crippen LogP contribution in [0.4, 0.5) is 0 Å². The number of benzene rings is 3. The fourth-order valence-corrected chi connectivity index (χ4v) is 4.46. The smallest absolute Gasteiger partial charge is 0.344 e. The van der Waals surface area contributed by atoms with Crippen LogP contribution in [-0.2, 0) is 0 Å². The van der Waals surface area contributed by atoms with Gasteiger partial charge in [-0.15, -0.1) is 0 Å². The Bertz CT molecular complexity index is 1610. The molecule has 0 N–H and O–H groups in total. The molecular formula is C31H30O9. The maximum atomic E-state index is 13.0. The normalized spacial score (nSPS) is 11.0. The van der Waals surface area contributed by atoms with Crippen molar-refractivity contribution in [3.8, 4) is 45.6 Å². The van der Waals surface area contributed by atoms with Crippen molar-refractivity contribution in [1.82, 2.24) is 0 Å². The first-order chi connectivity index (χ1) is 19.3. The summed E-state index contributed by atoms with van der Waals surface area (Å²) in [6, 6.07) is 12.0. The predicted octanol–water partition coefficient (Wildman–Crippen LogP) is 5.72. The lowest BCUT2D eigenvalue weighted by Gasteiger charge is -2.14. The third-order valence-corrected chi connectivity index (χ3v) is 6.39. The first kappa shape index (κ1) is 28.1. The number of hydrogen-bond donors (Lipinski definition) is 0. The first-order valence-electron chi connectivity index (χ1n) is 12.2. The summed E-state index contributed by atoms with van der Waals surface area (Å²) in [6.07, 6.45) is 3.16. The summed E-state index contributed by atoms with van der Waals surface area (Å²) in [5.74, 6) is 2.15. The number of carbonyl (C=O) groups excluding carboxylic acids is 1. The Morgan fingerprint density at radius 3 is 1.73 bits per heavy atom. The number of aryl methyl sites for hydroxylation is 1. The zero-order valence-corrected chi connectivity index (χ0v) is 23.4. The first-order valence-corrected chi connectivity index (χ1v) is 12.2. The minimum absolute atomic E-state index is 0.255. The van der Waals surface area contributed by atoms with Crippen LogP contribution in [-0.4, -0.2) is 48.4 Å². The lowest BCUT2D eigenvalue weighted by Crippen LogP contribution is -2.04. The third kappa shape index (κ3) is 5.31. The summed E-state index contributed by atoms with van der Waals surface area (Å²) in [4.78, 5) is 26.0. The van der Waals surface area contributed by atoms with E-state index in [0.717, 1.165) is 11.1 Å². The molecule has 208 valence electrons. The number of ether oxygens (including phenoxy) is 6. The van der Waals surface area contributed by atoms with E-state index < -0.39 is 5.63 Å². The average Bonchev–Trinajstić information content (AvgIpc) is 2.98. The molecule has 0 aliphatic carbocycles. The molecule has 0 saturated heterocycles. The molecule has 0 atom stereocenters. The second-order valence-electron chi connectivity index (χ2n) is 8.73. The number of hydrogen-bond acceptors (Lipinski definition) is 9. The van der Waals surface area contributed by atoms with E-state index in [2.05, 4.69) is 0 Å². The Morgan fingerprint density at radius 1 is 0.700 bits per heavy atom. The number of ketones is 1. The summed E-state index contributed by atoms with van der Waals surface area (Å²) < 4.78 is 38.0.